The van der Waals surface area contributed by atoms with Crippen LogP contribution in [0.15, 0.2) is 48.8 Å². The highest BCUT2D eigenvalue weighted by Crippen LogP contribution is 2.30. The highest BCUT2D eigenvalue weighted by atomic mass is 35.5. The maximum atomic E-state index is 6.54. The van der Waals surface area contributed by atoms with E-state index in [1.165, 1.54) is 13.0 Å². The summed E-state index contributed by atoms with van der Waals surface area (Å²) in [6, 6.07) is 12.2. The fraction of sp³-hybridized carbons (Fsp3) is 0.381. The molecule has 1 saturated heterocycles. The van der Waals surface area contributed by atoms with Crippen molar-refractivity contribution in [2.45, 2.75) is 32.3 Å². The molecule has 0 N–H and O–H groups in total. The molecule has 0 radical (unpaired) electrons. The van der Waals surface area contributed by atoms with E-state index in [0.29, 0.717) is 11.3 Å². The molecule has 3 heterocycles. The molecule has 0 unspecified atom stereocenters. The third-order valence-corrected chi connectivity index (χ3v) is 5.43. The third kappa shape index (κ3) is 3.57. The molecule has 26 heavy (non-hydrogen) atoms. The van der Waals surface area contributed by atoms with Crippen molar-refractivity contribution in [1.29, 1.82) is 0 Å². The van der Waals surface area contributed by atoms with Crippen molar-refractivity contribution in [1.82, 2.24) is 14.3 Å². The molecule has 0 bridgehead atoms. The van der Waals surface area contributed by atoms with Gasteiger partial charge in [0.2, 0.25) is 0 Å². The number of hydrogen-bond acceptors (Lipinski definition) is 3. The number of ether oxygens (including phenoxy) is 1. The molecule has 4 rings (SSSR count). The zero-order valence-electron chi connectivity index (χ0n) is 15.1. The van der Waals surface area contributed by atoms with Crippen LogP contribution in [0.25, 0.3) is 16.8 Å². The number of piperidine rings is 1. The first-order valence-corrected chi connectivity index (χ1v) is 9.73. The van der Waals surface area contributed by atoms with Gasteiger partial charge in [-0.25, -0.2) is 4.98 Å². The van der Waals surface area contributed by atoms with Crippen LogP contribution in [0.4, 0.5) is 0 Å². The van der Waals surface area contributed by atoms with E-state index in [4.69, 9.17) is 16.3 Å². The summed E-state index contributed by atoms with van der Waals surface area (Å²) in [5.41, 5.74) is 2.93. The quantitative estimate of drug-likeness (QED) is 0.598. The fourth-order valence-corrected chi connectivity index (χ4v) is 3.96. The number of fused-ring (bicyclic) bond motifs is 1. The molecule has 1 aliphatic heterocycles. The number of nitrogens with zero attached hydrogens (tertiary/aromatic N) is 3. The van der Waals surface area contributed by atoms with Crippen LogP contribution >= 0.6 is 11.6 Å². The van der Waals surface area contributed by atoms with Gasteiger partial charge in [-0.2, -0.15) is 0 Å². The zero-order valence-corrected chi connectivity index (χ0v) is 15.8. The zero-order chi connectivity index (χ0) is 17.9. The smallest absolute Gasteiger partial charge is 0.137 e. The van der Waals surface area contributed by atoms with Gasteiger partial charge in [0.15, 0.2) is 0 Å². The van der Waals surface area contributed by atoms with Crippen LogP contribution in [0.1, 0.15) is 26.2 Å². The van der Waals surface area contributed by atoms with Gasteiger partial charge in [-0.3, -0.25) is 4.40 Å². The molecular weight excluding hydrogens is 346 g/mol. The molecule has 0 amide bonds. The first-order chi connectivity index (χ1) is 12.7. The summed E-state index contributed by atoms with van der Waals surface area (Å²) in [7, 11) is 0. The fourth-order valence-electron chi connectivity index (χ4n) is 3.65. The van der Waals surface area contributed by atoms with Gasteiger partial charge >= 0.3 is 0 Å². The van der Waals surface area contributed by atoms with E-state index in [-0.39, 0.29) is 0 Å². The molecule has 4 nitrogen and oxygen atoms in total. The number of aromatic nitrogens is 2. The SMILES string of the molecule is CCCN1CCC(Oc2ccc(-c3ccc4nccn4c3Cl)cc2)CC1. The van der Waals surface area contributed by atoms with Crippen LogP contribution in [-0.2, 0) is 0 Å². The van der Waals surface area contributed by atoms with E-state index in [1.54, 1.807) is 6.20 Å². The maximum absolute atomic E-state index is 6.54. The molecule has 0 atom stereocenters. The van der Waals surface area contributed by atoms with Crippen LogP contribution in [0.2, 0.25) is 5.15 Å². The van der Waals surface area contributed by atoms with Crippen molar-refractivity contribution in [2.75, 3.05) is 19.6 Å². The summed E-state index contributed by atoms with van der Waals surface area (Å²) in [6.45, 7) is 5.71. The van der Waals surface area contributed by atoms with Gasteiger partial charge in [0, 0.05) is 31.0 Å². The lowest BCUT2D eigenvalue weighted by atomic mass is 10.1. The third-order valence-electron chi connectivity index (χ3n) is 5.04. The number of imidazole rings is 1. The van der Waals surface area contributed by atoms with Crippen LogP contribution in [0, 0.1) is 0 Å². The van der Waals surface area contributed by atoms with Crippen molar-refractivity contribution in [3.05, 3.63) is 53.9 Å². The molecule has 1 aromatic carbocycles. The van der Waals surface area contributed by atoms with E-state index in [0.717, 1.165) is 48.5 Å². The van der Waals surface area contributed by atoms with Gasteiger partial charge in [0.1, 0.15) is 22.7 Å². The summed E-state index contributed by atoms with van der Waals surface area (Å²) >= 11 is 6.54. The number of likely N-dealkylation sites (tertiary alicyclic amines) is 1. The number of halogens is 1. The lowest BCUT2D eigenvalue weighted by Crippen LogP contribution is -2.38. The van der Waals surface area contributed by atoms with Crippen LogP contribution in [0.5, 0.6) is 5.75 Å². The van der Waals surface area contributed by atoms with Crippen molar-refractivity contribution in [3.8, 4) is 16.9 Å². The Bertz CT molecular complexity index is 867. The minimum Gasteiger partial charge on any atom is -0.490 e. The monoisotopic (exact) mass is 369 g/mol. The highest BCUT2D eigenvalue weighted by molar-refractivity contribution is 6.32. The summed E-state index contributed by atoms with van der Waals surface area (Å²) in [5.74, 6) is 0.933. The number of benzene rings is 1. The van der Waals surface area contributed by atoms with Crippen LogP contribution in [0.3, 0.4) is 0 Å². The van der Waals surface area contributed by atoms with E-state index in [9.17, 15) is 0 Å². The predicted molar refractivity (Wildman–Crippen MR) is 106 cm³/mol. The Morgan fingerprint density at radius 1 is 1.12 bits per heavy atom. The van der Waals surface area contributed by atoms with Crippen molar-refractivity contribution >= 4 is 17.2 Å². The average Bonchev–Trinajstić information content (AvgIpc) is 3.15. The average molecular weight is 370 g/mol. The van der Waals surface area contributed by atoms with Crippen molar-refractivity contribution in [2.24, 2.45) is 0 Å². The van der Waals surface area contributed by atoms with Gasteiger partial charge in [-0.1, -0.05) is 30.7 Å². The molecule has 3 aromatic rings. The Hall–Kier alpha value is -2.04. The van der Waals surface area contributed by atoms with Gasteiger partial charge in [-0.05, 0) is 55.6 Å². The lowest BCUT2D eigenvalue weighted by molar-refractivity contribution is 0.101. The van der Waals surface area contributed by atoms with Crippen LogP contribution in [-0.4, -0.2) is 40.0 Å². The maximum Gasteiger partial charge on any atom is 0.137 e. The molecular formula is C21H24ClN3O. The number of rotatable bonds is 5. The second-order valence-corrected chi connectivity index (χ2v) is 7.23. The van der Waals surface area contributed by atoms with E-state index in [1.807, 2.05) is 34.9 Å². The van der Waals surface area contributed by atoms with Gasteiger partial charge in [-0.15, -0.1) is 0 Å². The highest BCUT2D eigenvalue weighted by Gasteiger charge is 2.19. The molecule has 0 saturated carbocycles. The molecule has 0 aliphatic carbocycles. The van der Waals surface area contributed by atoms with Gasteiger partial charge < -0.3 is 9.64 Å². The first-order valence-electron chi connectivity index (χ1n) is 9.35. The first kappa shape index (κ1) is 17.4. The predicted octanol–water partition coefficient (Wildman–Crippen LogP) is 4.91. The summed E-state index contributed by atoms with van der Waals surface area (Å²) in [5, 5.41) is 0.678. The lowest BCUT2D eigenvalue weighted by Gasteiger charge is -2.31. The second-order valence-electron chi connectivity index (χ2n) is 6.88. The van der Waals surface area contributed by atoms with Crippen molar-refractivity contribution < 1.29 is 4.74 Å². The molecule has 136 valence electrons. The minimum atomic E-state index is 0.319. The molecule has 0 spiro atoms. The largest absolute Gasteiger partial charge is 0.490 e. The molecule has 1 fully saturated rings. The number of pyridine rings is 1. The normalized spacial score (nSPS) is 16.2. The second kappa shape index (κ2) is 7.68. The Morgan fingerprint density at radius 2 is 1.88 bits per heavy atom. The Labute approximate surface area is 159 Å². The molecule has 2 aromatic heterocycles. The van der Waals surface area contributed by atoms with Crippen LogP contribution < -0.4 is 4.74 Å². The Morgan fingerprint density at radius 3 is 2.62 bits per heavy atom. The van der Waals surface area contributed by atoms with Gasteiger partial charge in [0.25, 0.3) is 0 Å². The Kier molecular flexibility index (Phi) is 5.14. The summed E-state index contributed by atoms with van der Waals surface area (Å²) < 4.78 is 8.08. The van der Waals surface area contributed by atoms with Crippen molar-refractivity contribution in [3.63, 3.8) is 0 Å². The van der Waals surface area contributed by atoms with E-state index in [2.05, 4.69) is 28.9 Å². The minimum absolute atomic E-state index is 0.319. The topological polar surface area (TPSA) is 29.8 Å². The standard InChI is InChI=1S/C21H24ClN3O/c1-2-12-24-13-9-18(10-14-24)26-17-5-3-16(4-6-17)19-7-8-20-23-11-15-25(20)21(19)22/h3-8,11,15,18H,2,9-10,12-14H2,1H3. The molecule has 1 aliphatic rings. The molecule has 5 heteroatoms. The number of hydrogen-bond donors (Lipinski definition) is 0. The van der Waals surface area contributed by atoms with E-state index < -0.39 is 0 Å². The summed E-state index contributed by atoms with van der Waals surface area (Å²) in [6.07, 6.45) is 7.38. The van der Waals surface area contributed by atoms with E-state index >= 15 is 0 Å². The summed E-state index contributed by atoms with van der Waals surface area (Å²) in [4.78, 5) is 6.79. The van der Waals surface area contributed by atoms with Gasteiger partial charge in [0.05, 0.1) is 0 Å². The Balaban J connectivity index is 1.44.